The first-order chi connectivity index (χ1) is 12.3. The van der Waals surface area contributed by atoms with Crippen molar-refractivity contribution < 1.29 is 23.9 Å². The van der Waals surface area contributed by atoms with Gasteiger partial charge in [0.05, 0.1) is 6.61 Å². The molecule has 0 spiro atoms. The van der Waals surface area contributed by atoms with E-state index in [0.29, 0.717) is 6.42 Å². The molecule has 2 amide bonds. The van der Waals surface area contributed by atoms with Gasteiger partial charge in [-0.25, -0.2) is 9.59 Å². The van der Waals surface area contributed by atoms with Crippen molar-refractivity contribution in [3.63, 3.8) is 0 Å². The van der Waals surface area contributed by atoms with E-state index in [-0.39, 0.29) is 19.1 Å². The molecule has 1 aromatic rings. The molecule has 0 heterocycles. The molecule has 0 unspecified atom stereocenters. The zero-order chi connectivity index (χ0) is 19.5. The Balaban J connectivity index is 2.50. The third-order valence-electron chi connectivity index (χ3n) is 3.54. The molecule has 26 heavy (non-hydrogen) atoms. The standard InChI is InChI=1S/C19H28N2O5/c1-5-25-18(23)16(11-13(2)3)21-17(22)14(4)20-19(24)26-12-15-9-7-6-8-10-15/h6-10,13-14,16H,5,11-12H2,1-4H3,(H,20,24)(H,21,22)/t14-,16-/m0/s1. The zero-order valence-corrected chi connectivity index (χ0v) is 15.8. The number of amides is 2. The largest absolute Gasteiger partial charge is 0.464 e. The van der Waals surface area contributed by atoms with Crippen molar-refractivity contribution in [1.82, 2.24) is 10.6 Å². The normalized spacial score (nSPS) is 12.8. The fraction of sp³-hybridized carbons (Fsp3) is 0.526. The third-order valence-corrected chi connectivity index (χ3v) is 3.54. The quantitative estimate of drug-likeness (QED) is 0.656. The predicted molar refractivity (Wildman–Crippen MR) is 97.2 cm³/mol. The summed E-state index contributed by atoms with van der Waals surface area (Å²) in [5, 5.41) is 5.08. The molecule has 0 radical (unpaired) electrons. The van der Waals surface area contributed by atoms with Crippen LogP contribution in [0, 0.1) is 5.92 Å². The Kier molecular flexibility index (Phi) is 9.19. The maximum Gasteiger partial charge on any atom is 0.408 e. The molecule has 0 aliphatic heterocycles. The van der Waals surface area contributed by atoms with Crippen LogP contribution in [0.5, 0.6) is 0 Å². The molecule has 2 atom stereocenters. The Labute approximate surface area is 154 Å². The molecule has 2 N–H and O–H groups in total. The van der Waals surface area contributed by atoms with Gasteiger partial charge in [0.25, 0.3) is 0 Å². The maximum absolute atomic E-state index is 12.3. The fourth-order valence-corrected chi connectivity index (χ4v) is 2.23. The molecule has 144 valence electrons. The van der Waals surface area contributed by atoms with Crippen LogP contribution in [0.25, 0.3) is 0 Å². The average molecular weight is 364 g/mol. The van der Waals surface area contributed by atoms with Crippen molar-refractivity contribution in [2.45, 2.75) is 52.8 Å². The van der Waals surface area contributed by atoms with Crippen molar-refractivity contribution >= 4 is 18.0 Å². The minimum Gasteiger partial charge on any atom is -0.464 e. The van der Waals surface area contributed by atoms with E-state index in [0.717, 1.165) is 5.56 Å². The minimum absolute atomic E-state index is 0.111. The van der Waals surface area contributed by atoms with Crippen LogP contribution >= 0.6 is 0 Å². The van der Waals surface area contributed by atoms with Gasteiger partial charge in [0.15, 0.2) is 0 Å². The van der Waals surface area contributed by atoms with Gasteiger partial charge in [-0.1, -0.05) is 44.2 Å². The summed E-state index contributed by atoms with van der Waals surface area (Å²) >= 11 is 0. The predicted octanol–water partition coefficient (Wildman–Crippen LogP) is 2.40. The molecule has 1 aromatic carbocycles. The summed E-state index contributed by atoms with van der Waals surface area (Å²) in [6.07, 6.45) is -0.247. The van der Waals surface area contributed by atoms with E-state index in [4.69, 9.17) is 9.47 Å². The molecule has 0 fully saturated rings. The lowest BCUT2D eigenvalue weighted by Gasteiger charge is -2.21. The van der Waals surface area contributed by atoms with Crippen molar-refractivity contribution in [1.29, 1.82) is 0 Å². The first-order valence-electron chi connectivity index (χ1n) is 8.77. The SMILES string of the molecule is CCOC(=O)[C@H](CC(C)C)NC(=O)[C@H](C)NC(=O)OCc1ccccc1. The lowest BCUT2D eigenvalue weighted by atomic mass is 10.0. The summed E-state index contributed by atoms with van der Waals surface area (Å²) in [5.74, 6) is -0.752. The second-order valence-corrected chi connectivity index (χ2v) is 6.37. The Morgan fingerprint density at radius 1 is 1.00 bits per heavy atom. The van der Waals surface area contributed by atoms with Crippen LogP contribution in [-0.4, -0.2) is 36.7 Å². The molecule has 0 bridgehead atoms. The zero-order valence-electron chi connectivity index (χ0n) is 15.8. The highest BCUT2D eigenvalue weighted by Gasteiger charge is 2.26. The summed E-state index contributed by atoms with van der Waals surface area (Å²) in [6.45, 7) is 7.47. The number of benzene rings is 1. The van der Waals surface area contributed by atoms with Gasteiger partial charge in [-0.15, -0.1) is 0 Å². The van der Waals surface area contributed by atoms with Crippen LogP contribution in [-0.2, 0) is 25.7 Å². The summed E-state index contributed by atoms with van der Waals surface area (Å²) in [6, 6.07) is 7.63. The fourth-order valence-electron chi connectivity index (χ4n) is 2.23. The van der Waals surface area contributed by atoms with E-state index in [1.165, 1.54) is 6.92 Å². The van der Waals surface area contributed by atoms with Crippen LogP contribution in [0.15, 0.2) is 30.3 Å². The molecule has 0 aromatic heterocycles. The number of rotatable bonds is 9. The Bertz CT molecular complexity index is 589. The Morgan fingerprint density at radius 3 is 2.23 bits per heavy atom. The Hall–Kier alpha value is -2.57. The first-order valence-corrected chi connectivity index (χ1v) is 8.77. The van der Waals surface area contributed by atoms with Crippen molar-refractivity contribution in [2.75, 3.05) is 6.61 Å². The summed E-state index contributed by atoms with van der Waals surface area (Å²) < 4.78 is 10.1. The molecular weight excluding hydrogens is 336 g/mol. The van der Waals surface area contributed by atoms with Crippen molar-refractivity contribution in [2.24, 2.45) is 5.92 Å². The molecular formula is C19H28N2O5. The van der Waals surface area contributed by atoms with Gasteiger partial charge in [0.2, 0.25) is 5.91 Å². The lowest BCUT2D eigenvalue weighted by Crippen LogP contribution is -2.51. The van der Waals surface area contributed by atoms with Crippen LogP contribution < -0.4 is 10.6 Å². The molecule has 0 aliphatic carbocycles. The van der Waals surface area contributed by atoms with E-state index in [9.17, 15) is 14.4 Å². The number of esters is 1. The first kappa shape index (κ1) is 21.5. The number of nitrogens with one attached hydrogen (secondary N) is 2. The van der Waals surface area contributed by atoms with Crippen LogP contribution in [0.3, 0.4) is 0 Å². The van der Waals surface area contributed by atoms with Gasteiger partial charge in [-0.3, -0.25) is 4.79 Å². The Morgan fingerprint density at radius 2 is 1.65 bits per heavy atom. The van der Waals surface area contributed by atoms with Gasteiger partial charge in [-0.2, -0.15) is 0 Å². The molecule has 7 nitrogen and oxygen atoms in total. The second kappa shape index (κ2) is 11.1. The smallest absolute Gasteiger partial charge is 0.408 e. The van der Waals surface area contributed by atoms with Crippen LogP contribution in [0.2, 0.25) is 0 Å². The highest BCUT2D eigenvalue weighted by molar-refractivity contribution is 5.89. The average Bonchev–Trinajstić information content (AvgIpc) is 2.60. The topological polar surface area (TPSA) is 93.7 Å². The van der Waals surface area contributed by atoms with E-state index in [1.54, 1.807) is 6.92 Å². The van der Waals surface area contributed by atoms with Crippen molar-refractivity contribution in [3.8, 4) is 0 Å². The molecule has 7 heteroatoms. The number of carbonyl (C=O) groups is 3. The van der Waals surface area contributed by atoms with E-state index < -0.39 is 30.1 Å². The highest BCUT2D eigenvalue weighted by atomic mass is 16.5. The number of hydrogen-bond donors (Lipinski definition) is 2. The van der Waals surface area contributed by atoms with Crippen LogP contribution in [0.4, 0.5) is 4.79 Å². The summed E-state index contributed by atoms with van der Waals surface area (Å²) in [5.41, 5.74) is 0.846. The van der Waals surface area contributed by atoms with Gasteiger partial charge in [-0.05, 0) is 31.7 Å². The molecule has 0 aliphatic rings. The van der Waals surface area contributed by atoms with E-state index in [1.807, 2.05) is 44.2 Å². The minimum atomic E-state index is -0.845. The van der Waals surface area contributed by atoms with E-state index >= 15 is 0 Å². The maximum atomic E-state index is 12.3. The number of ether oxygens (including phenoxy) is 2. The monoisotopic (exact) mass is 364 g/mol. The second-order valence-electron chi connectivity index (χ2n) is 6.37. The lowest BCUT2D eigenvalue weighted by molar-refractivity contribution is -0.148. The van der Waals surface area contributed by atoms with Crippen molar-refractivity contribution in [3.05, 3.63) is 35.9 Å². The summed E-state index contributed by atoms with van der Waals surface area (Å²) in [7, 11) is 0. The van der Waals surface area contributed by atoms with E-state index in [2.05, 4.69) is 10.6 Å². The van der Waals surface area contributed by atoms with Gasteiger partial charge >= 0.3 is 12.1 Å². The molecule has 0 saturated carbocycles. The van der Waals surface area contributed by atoms with Gasteiger partial charge in [0.1, 0.15) is 18.7 Å². The summed E-state index contributed by atoms with van der Waals surface area (Å²) in [4.78, 5) is 36.1. The third kappa shape index (κ3) is 8.00. The van der Waals surface area contributed by atoms with Gasteiger partial charge < -0.3 is 20.1 Å². The molecule has 1 rings (SSSR count). The highest BCUT2D eigenvalue weighted by Crippen LogP contribution is 2.07. The number of carbonyl (C=O) groups excluding carboxylic acids is 3. The number of hydrogen-bond acceptors (Lipinski definition) is 5. The molecule has 0 saturated heterocycles. The van der Waals surface area contributed by atoms with Gasteiger partial charge in [0, 0.05) is 0 Å². The number of alkyl carbamates (subject to hydrolysis) is 1. The van der Waals surface area contributed by atoms with Crippen LogP contribution in [0.1, 0.15) is 39.7 Å².